The van der Waals surface area contributed by atoms with E-state index in [0.29, 0.717) is 107 Å². The molecule has 6 aliphatic heterocycles. The molecule has 0 N–H and O–H groups in total. The van der Waals surface area contributed by atoms with Gasteiger partial charge < -0.3 is 76.5 Å². The maximum atomic E-state index is 14.2. The Morgan fingerprint density at radius 2 is 0.784 bits per heavy atom. The van der Waals surface area contributed by atoms with Gasteiger partial charge in [0.05, 0.1) is 118 Å². The third kappa shape index (κ3) is 24.1. The second-order valence-electron chi connectivity index (χ2n) is 42.2. The number of nitrogens with zero attached hydrogens (tertiary/aromatic N) is 9. The van der Waals surface area contributed by atoms with Gasteiger partial charge in [-0.3, -0.25) is 28.8 Å². The van der Waals surface area contributed by atoms with E-state index in [1.54, 1.807) is 43.1 Å². The van der Waals surface area contributed by atoms with E-state index >= 15 is 0 Å². The standard InChI is InChI=1S/C35H46N3O6.C34H46N3O7.C34H46N3O6.3V/c1-21-28(20-39)38-19-30(21)44-32-26(36-25-12-11-23(42-5)15-27(25)37-32)10-8-6-7-9-22-17-35(13-14-35)18-29(22)43-31(40)16-24(33(38)41)34(2,3)4;1-7-23-28(19-38)37-18-29(23)43-31-26(35-25-14-13-22(42-6)15-27(25)36-31)12-10-8-9-11-21-17-34(21,20-41-5)44-30(39)16-24(32(37)40)33(2,3)4;1-7-23-28(20-38)37-19-29(23)42-31-26(35-25-15-14-22(41-6)16-27(25)36-31)13-11-9-10-12-21-18-34(21,8-2)43-30(39)17-24(32(37)40)33(3,4)5;;;/h11-12,15,21-22,24,28-30H,6-10,13-14,16-19H2,1-5H3;13-15,21,23-24,28-29H,7-12,16-18,20H2,1-6H3;14-16,21,23-24,28-29H,7-13,17-19H2,1-6H3;;;/q3*-1;;;/t21-,22+,24+,28+,29+,30-;21-,23+,24-,28-,29+,34+;21-,23+,24-,28-,29+,34-;;;/m011.../s1. The number of hydrogen-bond donors (Lipinski definition) is 0. The molecule has 3 aromatic carbocycles. The molecule has 3 aromatic heterocycles. The Morgan fingerprint density at radius 3 is 1.16 bits per heavy atom. The van der Waals surface area contributed by atoms with Gasteiger partial charge in [-0.15, -0.1) is 0 Å². The number of carbonyl (C=O) groups is 6. The smallest absolute Gasteiger partial charge is 0.307 e. The molecule has 1 spiro atoms. The van der Waals surface area contributed by atoms with E-state index in [1.165, 1.54) is 12.8 Å². The number of carbonyl (C=O) groups excluding carboxylic acids is 9. The predicted octanol–water partition coefficient (Wildman–Crippen LogP) is 16.1. The van der Waals surface area contributed by atoms with Crippen LogP contribution in [0.5, 0.6) is 34.9 Å². The number of methoxy groups -OCH3 is 4. The van der Waals surface area contributed by atoms with E-state index in [9.17, 15) is 43.2 Å². The summed E-state index contributed by atoms with van der Waals surface area (Å²) in [4.78, 5) is 154. The Morgan fingerprint density at radius 1 is 0.418 bits per heavy atom. The number of amides is 3. The first kappa shape index (κ1) is 106. The molecule has 10 aliphatic rings. The fourth-order valence-electron chi connectivity index (χ4n) is 21.8. The summed E-state index contributed by atoms with van der Waals surface area (Å²) in [5.41, 5.74) is 4.26. The molecule has 4 saturated carbocycles. The average Bonchev–Trinajstić information content (AvgIpc) is 1.60. The SMILES string of the molecule is CC[C@@H]1[C@@H]2CN(C(=O)[C@H](C(C)(C)C)CC(=O)O[C@]3(CC)C[C@H]3CCCCCc3nc4ccc(OC)cc4nc3O2)[C@@H]1[C-]=O.CC[C@@H]1[C@@H]2CN(C(=O)[C@H](C(C)(C)C)CC(=O)O[C@]3(COC)C[C@H]3CCCCCc3nc4ccc(OC)cc4nc3O2)[C@@H]1[C-]=O.COc1ccc2nc3c(nc2c1)O[C@H]1CN(C(=O)[C@H](C(C)(C)C)CC(=O)O[C@@H]2CC4(CC4)C[C@H]2CCCCC3)[C@H]([C-]=O)[C@@H]1C.[V].[V].[V]. The van der Waals surface area contributed by atoms with Gasteiger partial charge in [-0.2, -0.15) is 0 Å². The van der Waals surface area contributed by atoms with Crippen molar-refractivity contribution in [3.8, 4) is 34.9 Å². The predicted molar refractivity (Wildman–Crippen MR) is 491 cm³/mol. The zero-order valence-corrected chi connectivity index (χ0v) is 85.7. The van der Waals surface area contributed by atoms with Crippen molar-refractivity contribution < 1.29 is 146 Å². The molecule has 134 heavy (non-hydrogen) atoms. The molecule has 6 bridgehead atoms. The molecule has 16 rings (SSSR count). The van der Waals surface area contributed by atoms with Crippen LogP contribution in [0.15, 0.2) is 54.6 Å². The van der Waals surface area contributed by atoms with E-state index in [2.05, 4.69) is 25.8 Å². The molecule has 28 nitrogen and oxygen atoms in total. The molecule has 3 radical (unpaired) electrons. The molecule has 3 amide bonds. The van der Waals surface area contributed by atoms with Crippen LogP contribution in [0.25, 0.3) is 33.1 Å². The van der Waals surface area contributed by atoms with Crippen LogP contribution in [0.3, 0.4) is 0 Å². The van der Waals surface area contributed by atoms with Crippen LogP contribution < -0.4 is 28.4 Å². The summed E-state index contributed by atoms with van der Waals surface area (Å²) in [6.07, 6.45) is 26.7. The maximum Gasteiger partial charge on any atom is 0.307 e. The molecule has 6 aromatic rings. The Balaban J connectivity index is 0.000000191. The van der Waals surface area contributed by atoms with Crippen LogP contribution in [-0.2, 0) is 137 Å². The molecule has 18 atom stereocenters. The zero-order valence-electron chi connectivity index (χ0n) is 81.5. The van der Waals surface area contributed by atoms with E-state index < -0.39 is 87.6 Å². The monoisotopic (exact) mass is 1960 g/mol. The number of esters is 3. The van der Waals surface area contributed by atoms with Crippen LogP contribution in [0.1, 0.15) is 261 Å². The normalized spacial score (nSPS) is 29.8. The molecule has 3 saturated heterocycles. The number of rotatable bonds is 11. The van der Waals surface area contributed by atoms with E-state index in [1.807, 2.05) is 138 Å². The number of aryl methyl sites for hydroxylation is 3. The fraction of sp³-hybridized carbons (Fsp3) is 0.680. The first-order valence-corrected chi connectivity index (χ1v) is 48.3. The van der Waals surface area contributed by atoms with Crippen molar-refractivity contribution >= 4 is 87.6 Å². The number of ether oxygens (including phenoxy) is 10. The quantitative estimate of drug-likeness (QED) is 0.0660. The maximum absolute atomic E-state index is 14.2. The molecule has 0 unspecified atom stereocenters. The van der Waals surface area contributed by atoms with Crippen LogP contribution >= 0.6 is 0 Å². The molecule has 31 heteroatoms. The topological polar surface area (TPSA) is 333 Å². The van der Waals surface area contributed by atoms with E-state index in [4.69, 9.17) is 77.3 Å². The van der Waals surface area contributed by atoms with Crippen molar-refractivity contribution in [3.05, 3.63) is 71.7 Å². The second kappa shape index (κ2) is 44.9. The van der Waals surface area contributed by atoms with Gasteiger partial charge in [0.15, 0.2) is 0 Å². The Hall–Kier alpha value is -7.98. The minimum atomic E-state index is -0.801. The Kier molecular flexibility index (Phi) is 35.7. The van der Waals surface area contributed by atoms with Crippen LogP contribution in [-0.4, -0.2) is 208 Å². The van der Waals surface area contributed by atoms with E-state index in [0.717, 1.165) is 143 Å². The van der Waals surface area contributed by atoms with Gasteiger partial charge in [0, 0.05) is 92.8 Å². The second-order valence-corrected chi connectivity index (χ2v) is 42.2. The average molecular weight is 1960 g/mol. The summed E-state index contributed by atoms with van der Waals surface area (Å²) < 4.78 is 59.9. The van der Waals surface area contributed by atoms with Crippen molar-refractivity contribution in [2.24, 2.45) is 74.9 Å². The summed E-state index contributed by atoms with van der Waals surface area (Å²) in [6, 6.07) is 14.5. The fourth-order valence-corrected chi connectivity index (χ4v) is 21.8. The van der Waals surface area contributed by atoms with Gasteiger partial charge in [0.1, 0.15) is 69.9 Å². The molecule has 4 aliphatic carbocycles. The molecule has 727 valence electrons. The van der Waals surface area contributed by atoms with Crippen molar-refractivity contribution in [2.45, 2.75) is 317 Å². The van der Waals surface area contributed by atoms with Gasteiger partial charge in [0.25, 0.3) is 0 Å². The number of benzene rings is 3. The minimum Gasteiger partial charge on any atom is -0.540 e. The van der Waals surface area contributed by atoms with Crippen LogP contribution in [0, 0.1) is 74.9 Å². The van der Waals surface area contributed by atoms with Crippen molar-refractivity contribution in [1.29, 1.82) is 0 Å². The number of aromatic nitrogens is 6. The molecular formula is C103H138N9O19V3-3. The van der Waals surface area contributed by atoms with Gasteiger partial charge in [-0.25, -0.2) is 48.8 Å². The Labute approximate surface area is 826 Å². The van der Waals surface area contributed by atoms with Gasteiger partial charge in [0.2, 0.25) is 35.4 Å². The van der Waals surface area contributed by atoms with Gasteiger partial charge in [-0.1, -0.05) is 160 Å². The molecule has 9 heterocycles. The Bertz CT molecular complexity index is 5160. The summed E-state index contributed by atoms with van der Waals surface area (Å²) in [5, 5.41) is 0. The third-order valence-electron chi connectivity index (χ3n) is 30.3. The summed E-state index contributed by atoms with van der Waals surface area (Å²) >= 11 is 0. The minimum absolute atomic E-state index is 0. The first-order chi connectivity index (χ1) is 62.6. The molecular weight excluding hydrogens is 1820 g/mol. The van der Waals surface area contributed by atoms with E-state index in [-0.39, 0.29) is 154 Å². The number of fused-ring (bicyclic) bond motifs is 15. The zero-order chi connectivity index (χ0) is 93.8. The largest absolute Gasteiger partial charge is 0.540 e. The van der Waals surface area contributed by atoms with Crippen molar-refractivity contribution in [1.82, 2.24) is 44.6 Å². The van der Waals surface area contributed by atoms with Gasteiger partial charge >= 0.3 is 17.9 Å². The summed E-state index contributed by atoms with van der Waals surface area (Å²) in [5.74, 6) is -0.440. The third-order valence-corrected chi connectivity index (χ3v) is 30.3. The summed E-state index contributed by atoms with van der Waals surface area (Å²) in [6.45, 7) is 26.4. The first-order valence-electron chi connectivity index (χ1n) is 48.3. The van der Waals surface area contributed by atoms with Crippen LogP contribution in [0.4, 0.5) is 0 Å². The van der Waals surface area contributed by atoms with Crippen molar-refractivity contribution in [3.63, 3.8) is 0 Å². The summed E-state index contributed by atoms with van der Waals surface area (Å²) in [7, 11) is 6.46. The van der Waals surface area contributed by atoms with Crippen molar-refractivity contribution in [2.75, 3.05) is 54.7 Å². The number of hydrogen-bond acceptors (Lipinski definition) is 25. The molecule has 7 fully saturated rings. The van der Waals surface area contributed by atoms with Crippen LogP contribution in [0.2, 0.25) is 0 Å². The van der Waals surface area contributed by atoms with Gasteiger partial charge in [-0.05, 0) is 184 Å².